The third-order valence-corrected chi connectivity index (χ3v) is 3.35. The Kier molecular flexibility index (Phi) is 2.98. The monoisotopic (exact) mass is 230 g/mol. The van der Waals surface area contributed by atoms with Crippen molar-refractivity contribution in [3.8, 4) is 0 Å². The maximum absolute atomic E-state index is 4.53. The Morgan fingerprint density at radius 2 is 1.94 bits per heavy atom. The largest absolute Gasteiger partial charge is 0.347 e. The maximum atomic E-state index is 4.53. The van der Waals surface area contributed by atoms with Crippen LogP contribution in [0.15, 0.2) is 18.5 Å². The molecule has 0 atom stereocenters. The van der Waals surface area contributed by atoms with E-state index in [-0.39, 0.29) is 5.41 Å². The molecule has 2 heteroatoms. The second-order valence-corrected chi connectivity index (χ2v) is 5.58. The van der Waals surface area contributed by atoms with Crippen molar-refractivity contribution in [3.05, 3.63) is 29.7 Å². The summed E-state index contributed by atoms with van der Waals surface area (Å²) in [6.45, 7) is 12.2. The third kappa shape index (κ3) is 1.97. The van der Waals surface area contributed by atoms with Crippen LogP contribution in [0.4, 0.5) is 0 Å². The van der Waals surface area contributed by atoms with Gasteiger partial charge in [-0.15, -0.1) is 0 Å². The number of rotatable bonds is 2. The Hall–Kier alpha value is -1.31. The van der Waals surface area contributed by atoms with Crippen molar-refractivity contribution in [3.63, 3.8) is 0 Å². The number of nitrogens with zero attached hydrogens (tertiary/aromatic N) is 2. The molecule has 2 aromatic heterocycles. The Bertz CT molecular complexity index is 530. The molecule has 0 unspecified atom stereocenters. The molecule has 0 aliphatic carbocycles. The molecule has 0 N–H and O–H groups in total. The van der Waals surface area contributed by atoms with Crippen molar-refractivity contribution in [1.29, 1.82) is 0 Å². The third-order valence-electron chi connectivity index (χ3n) is 3.35. The van der Waals surface area contributed by atoms with Crippen molar-refractivity contribution in [2.45, 2.75) is 53.0 Å². The molecule has 0 aliphatic rings. The van der Waals surface area contributed by atoms with Crippen LogP contribution in [-0.2, 0) is 18.4 Å². The van der Waals surface area contributed by atoms with Crippen LogP contribution in [0.25, 0.3) is 10.9 Å². The van der Waals surface area contributed by atoms with Gasteiger partial charge in [0.05, 0.1) is 5.52 Å². The highest BCUT2D eigenvalue weighted by Crippen LogP contribution is 2.33. The van der Waals surface area contributed by atoms with Crippen LogP contribution in [0.3, 0.4) is 0 Å². The van der Waals surface area contributed by atoms with Gasteiger partial charge >= 0.3 is 0 Å². The summed E-state index contributed by atoms with van der Waals surface area (Å²) >= 11 is 0. The van der Waals surface area contributed by atoms with Gasteiger partial charge in [0, 0.05) is 30.0 Å². The highest BCUT2D eigenvalue weighted by atomic mass is 15.0. The predicted molar refractivity (Wildman–Crippen MR) is 73.5 cm³/mol. The van der Waals surface area contributed by atoms with Crippen molar-refractivity contribution < 1.29 is 0 Å². The van der Waals surface area contributed by atoms with Crippen molar-refractivity contribution in [2.75, 3.05) is 0 Å². The van der Waals surface area contributed by atoms with E-state index in [1.807, 2.05) is 6.20 Å². The summed E-state index contributed by atoms with van der Waals surface area (Å²) < 4.78 is 2.33. The highest BCUT2D eigenvalue weighted by Gasteiger charge is 2.21. The van der Waals surface area contributed by atoms with E-state index in [9.17, 15) is 0 Å². The molecule has 0 spiro atoms. The lowest BCUT2D eigenvalue weighted by atomic mass is 9.86. The van der Waals surface area contributed by atoms with E-state index in [1.54, 1.807) is 0 Å². The number of hydrogen-bond donors (Lipinski definition) is 0. The zero-order valence-electron chi connectivity index (χ0n) is 11.5. The molecule has 2 heterocycles. The lowest BCUT2D eigenvalue weighted by Gasteiger charge is -2.18. The number of aryl methyl sites for hydroxylation is 2. The van der Waals surface area contributed by atoms with Gasteiger partial charge in [-0.3, -0.25) is 4.98 Å². The molecular formula is C15H22N2. The first-order valence-corrected chi connectivity index (χ1v) is 6.46. The number of aromatic nitrogens is 2. The smallest absolute Gasteiger partial charge is 0.0517 e. The number of pyridine rings is 1. The number of fused-ring (bicyclic) bond motifs is 1. The SMILES string of the molecule is CCc1nccc2c1c(C(C)(C)C)cn2CC. The van der Waals surface area contributed by atoms with Gasteiger partial charge in [0.1, 0.15) is 0 Å². The Morgan fingerprint density at radius 1 is 1.24 bits per heavy atom. The predicted octanol–water partition coefficient (Wildman–Crippen LogP) is 3.92. The quantitative estimate of drug-likeness (QED) is 0.764. The van der Waals surface area contributed by atoms with Gasteiger partial charge < -0.3 is 4.57 Å². The molecule has 2 aromatic rings. The van der Waals surface area contributed by atoms with Gasteiger partial charge in [-0.25, -0.2) is 0 Å². The van der Waals surface area contributed by atoms with Crippen LogP contribution >= 0.6 is 0 Å². The Labute approximate surface area is 104 Å². The first-order chi connectivity index (χ1) is 7.99. The van der Waals surface area contributed by atoms with Gasteiger partial charge in [0.15, 0.2) is 0 Å². The van der Waals surface area contributed by atoms with E-state index in [1.165, 1.54) is 22.2 Å². The molecule has 2 rings (SSSR count). The normalized spacial score (nSPS) is 12.3. The molecule has 0 aromatic carbocycles. The topological polar surface area (TPSA) is 17.8 Å². The highest BCUT2D eigenvalue weighted by molar-refractivity contribution is 5.87. The van der Waals surface area contributed by atoms with Gasteiger partial charge in [-0.2, -0.15) is 0 Å². The summed E-state index contributed by atoms with van der Waals surface area (Å²) in [5, 5.41) is 1.37. The first-order valence-electron chi connectivity index (χ1n) is 6.46. The fraction of sp³-hybridized carbons (Fsp3) is 0.533. The minimum Gasteiger partial charge on any atom is -0.347 e. The molecule has 0 radical (unpaired) electrons. The number of hydrogen-bond acceptors (Lipinski definition) is 1. The molecule has 92 valence electrons. The van der Waals surface area contributed by atoms with Crippen LogP contribution in [0, 0.1) is 0 Å². The van der Waals surface area contributed by atoms with Crippen LogP contribution in [0.1, 0.15) is 45.9 Å². The summed E-state index contributed by atoms with van der Waals surface area (Å²) in [7, 11) is 0. The molecule has 0 saturated carbocycles. The minimum atomic E-state index is 0.172. The van der Waals surface area contributed by atoms with Crippen LogP contribution in [-0.4, -0.2) is 9.55 Å². The van der Waals surface area contributed by atoms with Crippen molar-refractivity contribution in [2.24, 2.45) is 0 Å². The summed E-state index contributed by atoms with van der Waals surface area (Å²) in [6, 6.07) is 2.13. The van der Waals surface area contributed by atoms with E-state index in [4.69, 9.17) is 0 Å². The Balaban J connectivity index is 2.84. The van der Waals surface area contributed by atoms with Gasteiger partial charge in [0.2, 0.25) is 0 Å². The second-order valence-electron chi connectivity index (χ2n) is 5.58. The van der Waals surface area contributed by atoms with Crippen LogP contribution in [0.2, 0.25) is 0 Å². The summed E-state index contributed by atoms with van der Waals surface area (Å²) in [5.41, 5.74) is 4.13. The summed E-state index contributed by atoms with van der Waals surface area (Å²) in [5.74, 6) is 0. The van der Waals surface area contributed by atoms with Crippen molar-refractivity contribution in [1.82, 2.24) is 9.55 Å². The zero-order valence-corrected chi connectivity index (χ0v) is 11.5. The molecule has 0 bridgehead atoms. The van der Waals surface area contributed by atoms with E-state index < -0.39 is 0 Å². The molecule has 0 amide bonds. The molecule has 17 heavy (non-hydrogen) atoms. The Morgan fingerprint density at radius 3 is 2.47 bits per heavy atom. The molecule has 0 aliphatic heterocycles. The van der Waals surface area contributed by atoms with Crippen molar-refractivity contribution >= 4 is 10.9 Å². The lowest BCUT2D eigenvalue weighted by molar-refractivity contribution is 0.591. The van der Waals surface area contributed by atoms with E-state index in [0.29, 0.717) is 0 Å². The van der Waals surface area contributed by atoms with E-state index in [0.717, 1.165) is 13.0 Å². The average molecular weight is 230 g/mol. The molecule has 2 nitrogen and oxygen atoms in total. The average Bonchev–Trinajstić information content (AvgIpc) is 2.67. The summed E-state index contributed by atoms with van der Waals surface area (Å²) in [4.78, 5) is 4.53. The van der Waals surface area contributed by atoms with Crippen LogP contribution in [0.5, 0.6) is 0 Å². The van der Waals surface area contributed by atoms with Gasteiger partial charge in [-0.1, -0.05) is 27.7 Å². The minimum absolute atomic E-state index is 0.172. The first kappa shape index (κ1) is 12.2. The second kappa shape index (κ2) is 4.17. The molecular weight excluding hydrogens is 208 g/mol. The van der Waals surface area contributed by atoms with E-state index in [2.05, 4.69) is 56.4 Å². The summed E-state index contributed by atoms with van der Waals surface area (Å²) in [6.07, 6.45) is 5.22. The fourth-order valence-electron chi connectivity index (χ4n) is 2.41. The maximum Gasteiger partial charge on any atom is 0.0517 e. The molecule has 0 fully saturated rings. The van der Waals surface area contributed by atoms with Gasteiger partial charge in [-0.05, 0) is 30.4 Å². The lowest BCUT2D eigenvalue weighted by Crippen LogP contribution is -2.11. The van der Waals surface area contributed by atoms with E-state index >= 15 is 0 Å². The van der Waals surface area contributed by atoms with Crippen LogP contribution < -0.4 is 0 Å². The van der Waals surface area contributed by atoms with Gasteiger partial charge in [0.25, 0.3) is 0 Å². The fourth-order valence-corrected chi connectivity index (χ4v) is 2.41. The zero-order chi connectivity index (χ0) is 12.6. The standard InChI is InChI=1S/C15H22N2/c1-6-12-14-11(15(3,4)5)10-17(7-2)13(14)8-9-16-12/h8-10H,6-7H2,1-5H3. The molecule has 0 saturated heterocycles.